The van der Waals surface area contributed by atoms with E-state index in [4.69, 9.17) is 32.2 Å². The number of rotatable bonds is 9. The summed E-state index contributed by atoms with van der Waals surface area (Å²) in [5.74, 6) is 3.31. The van der Waals surface area contributed by atoms with Gasteiger partial charge in [-0.05, 0) is 30.5 Å². The first-order valence-electron chi connectivity index (χ1n) is 15.4. The van der Waals surface area contributed by atoms with E-state index in [2.05, 4.69) is 49.4 Å². The topological polar surface area (TPSA) is 192 Å². The van der Waals surface area contributed by atoms with Crippen molar-refractivity contribution < 1.29 is 36.6 Å². The Bertz CT molecular complexity index is 2220. The molecule has 0 unspecified atom stereocenters. The summed E-state index contributed by atoms with van der Waals surface area (Å²) in [4.78, 5) is 41.9. The van der Waals surface area contributed by atoms with Gasteiger partial charge >= 0.3 is 12.0 Å². The number of nitrogens with zero attached hydrogens (tertiary/aromatic N) is 7. The molecule has 2 aliphatic heterocycles. The summed E-state index contributed by atoms with van der Waals surface area (Å²) in [7, 11) is -2.85. The van der Waals surface area contributed by atoms with Gasteiger partial charge in [-0.15, -0.1) is 18.0 Å². The molecule has 0 atom stereocenters. The number of amides is 3. The lowest BCUT2D eigenvalue weighted by Crippen LogP contribution is -2.39. The minimum atomic E-state index is -4.20. The maximum Gasteiger partial charge on any atom is 0.335 e. The van der Waals surface area contributed by atoms with Gasteiger partial charge in [-0.3, -0.25) is 15.0 Å². The van der Waals surface area contributed by atoms with Crippen molar-refractivity contribution in [3.05, 3.63) is 58.7 Å². The predicted molar refractivity (Wildman–Crippen MR) is 189 cm³/mol. The van der Waals surface area contributed by atoms with Gasteiger partial charge in [0, 0.05) is 30.6 Å². The number of terminal acetylenes is 1. The molecule has 2 aromatic heterocycles. The number of alkyl halides is 1. The molecular weight excluding hydrogens is 741 g/mol. The number of carbonyl (C=O) groups is 2. The molecule has 0 spiro atoms. The highest BCUT2D eigenvalue weighted by Crippen LogP contribution is 2.37. The number of sulfonamides is 1. The molecule has 4 aromatic rings. The summed E-state index contributed by atoms with van der Waals surface area (Å²) in [6, 6.07) is 7.54. The summed E-state index contributed by atoms with van der Waals surface area (Å²) in [6.07, 6.45) is 6.22. The van der Waals surface area contributed by atoms with E-state index in [0.29, 0.717) is 16.2 Å². The number of aromatic nitrogens is 5. The fraction of sp³-hybridized carbons (Fsp3) is 0.344. The van der Waals surface area contributed by atoms with Gasteiger partial charge in [0.1, 0.15) is 40.3 Å². The normalized spacial score (nSPS) is 14.6. The van der Waals surface area contributed by atoms with Crippen molar-refractivity contribution in [1.29, 1.82) is 0 Å². The van der Waals surface area contributed by atoms with Crippen LogP contribution in [0.3, 0.4) is 0 Å². The standard InChI is InChI=1S/C18H17FN4O2S.C14H16ClN5O5S/c1-4-5-22-13-7-12(11(19)6-14(13)25-9-16(22)24)20-17-23-10-18(2,3)8-15(23)21-26-17;1-9-16-12(19-14(17-9)24-2)18-13(21)20-26(22,23)11-6-4-3-5-10(11)25-8-7-15/h1,6-7H,5,8-10H2,2-3H3;3-6H,7-8H2,1-2H3,(H2,16,17,18,19,20,21). The van der Waals surface area contributed by atoms with Crippen molar-refractivity contribution in [3.8, 4) is 29.9 Å². The average Bonchev–Trinajstić information content (AvgIpc) is 3.60. The summed E-state index contributed by atoms with van der Waals surface area (Å²) >= 11 is 6.79. The highest BCUT2D eigenvalue weighted by molar-refractivity contribution is 7.90. The van der Waals surface area contributed by atoms with Crippen LogP contribution in [0, 0.1) is 30.5 Å². The number of anilines is 2. The lowest BCUT2D eigenvalue weighted by Gasteiger charge is -2.28. The highest BCUT2D eigenvalue weighted by atomic mass is 35.5. The van der Waals surface area contributed by atoms with E-state index in [0.717, 1.165) is 18.8 Å². The van der Waals surface area contributed by atoms with Crippen molar-refractivity contribution in [3.63, 3.8) is 0 Å². The quantitative estimate of drug-likeness (QED) is 0.187. The zero-order chi connectivity index (χ0) is 37.6. The third-order valence-electron chi connectivity index (χ3n) is 7.27. The number of nitrogens with one attached hydrogen (secondary N) is 2. The van der Waals surface area contributed by atoms with Crippen LogP contribution in [-0.2, 0) is 27.8 Å². The van der Waals surface area contributed by atoms with E-state index in [1.807, 2.05) is 9.29 Å². The highest BCUT2D eigenvalue weighted by Gasteiger charge is 2.31. The van der Waals surface area contributed by atoms with E-state index in [9.17, 15) is 22.4 Å². The molecule has 4 heterocycles. The van der Waals surface area contributed by atoms with Gasteiger partial charge in [0.25, 0.3) is 15.9 Å². The number of methoxy groups -OCH3 is 1. The Balaban J connectivity index is 0.000000201. The maximum absolute atomic E-state index is 14.5. The van der Waals surface area contributed by atoms with Crippen molar-refractivity contribution in [2.24, 2.45) is 10.4 Å². The molecule has 0 aliphatic carbocycles. The number of para-hydroxylation sites is 1. The Hall–Kier alpha value is -5.32. The lowest BCUT2D eigenvalue weighted by molar-refractivity contribution is -0.121. The van der Waals surface area contributed by atoms with Gasteiger partial charge in [0.2, 0.25) is 10.7 Å². The molecule has 0 saturated heterocycles. The van der Waals surface area contributed by atoms with Crippen molar-refractivity contribution in [2.75, 3.05) is 43.0 Å². The third kappa shape index (κ3) is 8.93. The van der Waals surface area contributed by atoms with Crippen LogP contribution in [-0.4, -0.2) is 77.0 Å². The van der Waals surface area contributed by atoms with E-state index < -0.39 is 21.9 Å². The molecule has 20 heteroatoms. The smallest absolute Gasteiger partial charge is 0.335 e. The number of carbonyl (C=O) groups excluding carboxylic acids is 2. The molecule has 16 nitrogen and oxygen atoms in total. The number of hydrogen-bond acceptors (Lipinski definition) is 13. The Labute approximate surface area is 307 Å². The van der Waals surface area contributed by atoms with Crippen LogP contribution < -0.4 is 34.0 Å². The molecule has 52 heavy (non-hydrogen) atoms. The SMILES string of the molecule is C#CCN1C(=O)COc2cc(F)c(N=c3snc4n3CC(C)(C)C4)cc21.COc1nc(C)nc(NC(=O)NS(=O)(=O)c2ccccc2OCCCl)n1. The van der Waals surface area contributed by atoms with Crippen LogP contribution >= 0.6 is 23.1 Å². The number of aryl methyl sites for hydroxylation is 1. The molecule has 2 aliphatic rings. The minimum absolute atomic E-state index is 0.0181. The largest absolute Gasteiger partial charge is 0.491 e. The molecule has 0 bridgehead atoms. The summed E-state index contributed by atoms with van der Waals surface area (Å²) in [6.45, 7) is 6.73. The van der Waals surface area contributed by atoms with Crippen molar-refractivity contribution in [2.45, 2.75) is 38.6 Å². The monoisotopic (exact) mass is 773 g/mol. The van der Waals surface area contributed by atoms with Crippen LogP contribution in [0.2, 0.25) is 0 Å². The number of urea groups is 1. The lowest BCUT2D eigenvalue weighted by atomic mass is 9.92. The first-order valence-corrected chi connectivity index (χ1v) is 18.2. The molecule has 274 valence electrons. The fourth-order valence-corrected chi connectivity index (χ4v) is 6.98. The van der Waals surface area contributed by atoms with Crippen molar-refractivity contribution >= 4 is 62.4 Å². The Morgan fingerprint density at radius 2 is 2.02 bits per heavy atom. The molecule has 6 rings (SSSR count). The van der Waals surface area contributed by atoms with Gasteiger partial charge in [-0.1, -0.05) is 31.9 Å². The van der Waals surface area contributed by atoms with Crippen LogP contribution in [0.15, 0.2) is 46.3 Å². The second-order valence-corrected chi connectivity index (χ2v) is 14.7. The Kier molecular flexibility index (Phi) is 11.6. The molecule has 0 saturated carbocycles. The number of hydrogen-bond donors (Lipinski definition) is 2. The van der Waals surface area contributed by atoms with Crippen LogP contribution in [0.4, 0.5) is 26.5 Å². The third-order valence-corrected chi connectivity index (χ3v) is 9.57. The predicted octanol–water partition coefficient (Wildman–Crippen LogP) is 3.57. The average molecular weight is 774 g/mol. The molecular formula is C32H33ClFN9O7S2. The van der Waals surface area contributed by atoms with Crippen LogP contribution in [0.5, 0.6) is 17.5 Å². The first-order chi connectivity index (χ1) is 24.7. The number of fused-ring (bicyclic) bond motifs is 2. The van der Waals surface area contributed by atoms with Gasteiger partial charge in [-0.25, -0.2) is 27.3 Å². The number of benzene rings is 2. The van der Waals surface area contributed by atoms with E-state index in [-0.39, 0.29) is 71.1 Å². The molecule has 0 fully saturated rings. The van der Waals surface area contributed by atoms with Gasteiger partial charge in [0.15, 0.2) is 12.4 Å². The molecule has 2 N–H and O–H groups in total. The van der Waals surface area contributed by atoms with E-state index >= 15 is 0 Å². The molecule has 3 amide bonds. The summed E-state index contributed by atoms with van der Waals surface area (Å²) in [5, 5.41) is 2.21. The van der Waals surface area contributed by atoms with Crippen LogP contribution in [0.25, 0.3) is 0 Å². The first kappa shape index (κ1) is 37.9. The Morgan fingerprint density at radius 3 is 2.75 bits per heavy atom. The van der Waals surface area contributed by atoms with Crippen molar-refractivity contribution in [1.82, 2.24) is 28.6 Å². The second kappa shape index (κ2) is 15.9. The summed E-state index contributed by atoms with van der Waals surface area (Å²) < 4.78 is 63.2. The fourth-order valence-electron chi connectivity index (χ4n) is 5.09. The van der Waals surface area contributed by atoms with Gasteiger partial charge in [0.05, 0.1) is 25.2 Å². The molecule has 0 radical (unpaired) electrons. The van der Waals surface area contributed by atoms with E-state index in [1.165, 1.54) is 53.9 Å². The number of ether oxygens (including phenoxy) is 3. The summed E-state index contributed by atoms with van der Waals surface area (Å²) in [5.41, 5.74) is 0.678. The molecule has 2 aromatic carbocycles. The zero-order valence-corrected chi connectivity index (χ0v) is 30.7. The van der Waals surface area contributed by atoms with Gasteiger partial charge < -0.3 is 18.8 Å². The zero-order valence-electron chi connectivity index (χ0n) is 28.3. The second-order valence-electron chi connectivity index (χ2n) is 11.9. The maximum atomic E-state index is 14.5. The van der Waals surface area contributed by atoms with E-state index in [1.54, 1.807) is 13.0 Å². The number of halogens is 2. The van der Waals surface area contributed by atoms with Gasteiger partial charge in [-0.2, -0.15) is 19.3 Å². The Morgan fingerprint density at radius 1 is 1.25 bits per heavy atom. The van der Waals surface area contributed by atoms with Crippen LogP contribution in [0.1, 0.15) is 25.5 Å². The minimum Gasteiger partial charge on any atom is -0.491 e.